The molecule has 6 heteroatoms. The molecule has 0 spiro atoms. The summed E-state index contributed by atoms with van der Waals surface area (Å²) in [7, 11) is 1.62. The van der Waals surface area contributed by atoms with Crippen molar-refractivity contribution in [2.45, 2.75) is 6.42 Å². The molecule has 0 radical (unpaired) electrons. The molecule has 2 aromatic carbocycles. The molecule has 0 aliphatic rings. The second-order valence-corrected chi connectivity index (χ2v) is 5.01. The first kappa shape index (κ1) is 16.6. The number of carbonyl (C=O) groups is 1. The largest absolute Gasteiger partial charge is 0.371 e. The predicted octanol–water partition coefficient (Wildman–Crippen LogP) is 2.82. The van der Waals surface area contributed by atoms with Gasteiger partial charge in [-0.3, -0.25) is 14.9 Å². The van der Waals surface area contributed by atoms with Gasteiger partial charge in [-0.15, -0.1) is 0 Å². The summed E-state index contributed by atoms with van der Waals surface area (Å²) in [5, 5.41) is 10.6. The first-order valence-corrected chi connectivity index (χ1v) is 7.20. The van der Waals surface area contributed by atoms with Crippen molar-refractivity contribution >= 4 is 17.3 Å². The van der Waals surface area contributed by atoms with Gasteiger partial charge in [-0.25, -0.2) is 0 Å². The van der Waals surface area contributed by atoms with E-state index in [0.717, 1.165) is 12.0 Å². The van der Waals surface area contributed by atoms with Crippen LogP contribution in [0.5, 0.6) is 0 Å². The lowest BCUT2D eigenvalue weighted by molar-refractivity contribution is -0.384. The van der Waals surface area contributed by atoms with E-state index in [-0.39, 0.29) is 18.2 Å². The molecule has 6 nitrogen and oxygen atoms in total. The highest BCUT2D eigenvalue weighted by Gasteiger charge is 2.12. The highest BCUT2D eigenvalue weighted by Crippen LogP contribution is 2.18. The van der Waals surface area contributed by atoms with E-state index in [4.69, 9.17) is 4.74 Å². The van der Waals surface area contributed by atoms with Crippen LogP contribution in [0.1, 0.15) is 5.56 Å². The van der Waals surface area contributed by atoms with Crippen molar-refractivity contribution < 1.29 is 14.5 Å². The third-order valence-electron chi connectivity index (χ3n) is 3.43. The molecule has 0 bridgehead atoms. The third-order valence-corrected chi connectivity index (χ3v) is 3.43. The van der Waals surface area contributed by atoms with Gasteiger partial charge in [-0.1, -0.05) is 30.3 Å². The highest BCUT2D eigenvalue weighted by molar-refractivity contribution is 5.93. The number of carbonyl (C=O) groups excluding carboxylic acids is 1. The van der Waals surface area contributed by atoms with E-state index in [0.29, 0.717) is 12.3 Å². The Kier molecular flexibility index (Phi) is 5.82. The summed E-state index contributed by atoms with van der Waals surface area (Å²) in [5.74, 6) is -0.202. The molecule has 120 valence electrons. The number of non-ortho nitro benzene ring substituents is 1. The molecule has 0 aliphatic heterocycles. The molecule has 2 rings (SSSR count). The Morgan fingerprint density at radius 2 is 1.78 bits per heavy atom. The van der Waals surface area contributed by atoms with Crippen molar-refractivity contribution in [3.63, 3.8) is 0 Å². The summed E-state index contributed by atoms with van der Waals surface area (Å²) in [6.07, 6.45) is 0.745. The van der Waals surface area contributed by atoms with Gasteiger partial charge in [0, 0.05) is 24.9 Å². The van der Waals surface area contributed by atoms with E-state index in [2.05, 4.69) is 0 Å². The average molecular weight is 314 g/mol. The first-order valence-electron chi connectivity index (χ1n) is 7.20. The van der Waals surface area contributed by atoms with Crippen LogP contribution in [0.3, 0.4) is 0 Å². The fraction of sp³-hybridized carbons (Fsp3) is 0.235. The maximum atomic E-state index is 12.0. The lowest BCUT2D eigenvalue weighted by atomic mass is 10.2. The van der Waals surface area contributed by atoms with Crippen molar-refractivity contribution in [3.05, 3.63) is 70.3 Å². The highest BCUT2D eigenvalue weighted by atomic mass is 16.6. The zero-order valence-electron chi connectivity index (χ0n) is 12.8. The van der Waals surface area contributed by atoms with Gasteiger partial charge in [0.2, 0.25) is 0 Å². The Hall–Kier alpha value is -2.73. The number of nitrogens with zero attached hydrogens (tertiary/aromatic N) is 2. The zero-order chi connectivity index (χ0) is 16.7. The van der Waals surface area contributed by atoms with Gasteiger partial charge in [-0.05, 0) is 24.1 Å². The molecule has 0 saturated heterocycles. The van der Waals surface area contributed by atoms with Gasteiger partial charge >= 0.3 is 0 Å². The number of ether oxygens (including phenoxy) is 1. The normalized spacial score (nSPS) is 10.3. The van der Waals surface area contributed by atoms with Gasteiger partial charge in [-0.2, -0.15) is 0 Å². The van der Waals surface area contributed by atoms with Gasteiger partial charge in [0.15, 0.2) is 0 Å². The van der Waals surface area contributed by atoms with Gasteiger partial charge in [0.1, 0.15) is 6.61 Å². The summed E-state index contributed by atoms with van der Waals surface area (Å²) in [5.41, 5.74) is 1.74. The van der Waals surface area contributed by atoms with E-state index >= 15 is 0 Å². The first-order chi connectivity index (χ1) is 11.1. The van der Waals surface area contributed by atoms with Crippen molar-refractivity contribution in [1.29, 1.82) is 0 Å². The van der Waals surface area contributed by atoms with Gasteiger partial charge < -0.3 is 9.64 Å². The minimum absolute atomic E-state index is 0.00582. The van der Waals surface area contributed by atoms with Crippen LogP contribution in [-0.2, 0) is 16.0 Å². The van der Waals surface area contributed by atoms with E-state index in [1.54, 1.807) is 19.2 Å². The molecule has 0 aliphatic carbocycles. The van der Waals surface area contributed by atoms with Gasteiger partial charge in [0.05, 0.1) is 11.5 Å². The smallest absolute Gasteiger partial charge is 0.269 e. The van der Waals surface area contributed by atoms with Crippen molar-refractivity contribution in [2.24, 2.45) is 0 Å². The lowest BCUT2D eigenvalue weighted by Crippen LogP contribution is -2.30. The summed E-state index contributed by atoms with van der Waals surface area (Å²) in [6.45, 7) is 0.435. The van der Waals surface area contributed by atoms with E-state index < -0.39 is 4.92 Å². The number of likely N-dealkylation sites (N-methyl/N-ethyl adjacent to an activating group) is 1. The Labute approximate surface area is 134 Å². The van der Waals surface area contributed by atoms with Crippen LogP contribution in [-0.4, -0.2) is 31.1 Å². The van der Waals surface area contributed by atoms with Gasteiger partial charge in [0.25, 0.3) is 11.6 Å². The Morgan fingerprint density at radius 3 is 2.39 bits per heavy atom. The van der Waals surface area contributed by atoms with Crippen molar-refractivity contribution in [2.75, 3.05) is 25.2 Å². The molecule has 0 saturated carbocycles. The topological polar surface area (TPSA) is 72.7 Å². The van der Waals surface area contributed by atoms with Crippen LogP contribution in [0.4, 0.5) is 11.4 Å². The number of nitro benzene ring substituents is 1. The molecule has 2 aromatic rings. The number of benzene rings is 2. The second kappa shape index (κ2) is 8.05. The monoisotopic (exact) mass is 314 g/mol. The molecule has 1 amide bonds. The fourth-order valence-corrected chi connectivity index (χ4v) is 2.03. The quantitative estimate of drug-likeness (QED) is 0.447. The molecule has 0 fully saturated rings. The third kappa shape index (κ3) is 4.89. The number of anilines is 1. The van der Waals surface area contributed by atoms with Crippen LogP contribution < -0.4 is 4.90 Å². The average Bonchev–Trinajstić information content (AvgIpc) is 2.59. The van der Waals surface area contributed by atoms with Crippen molar-refractivity contribution in [3.8, 4) is 0 Å². The molecule has 23 heavy (non-hydrogen) atoms. The minimum Gasteiger partial charge on any atom is -0.371 e. The fourth-order valence-electron chi connectivity index (χ4n) is 2.03. The Morgan fingerprint density at radius 1 is 1.13 bits per heavy atom. The predicted molar refractivity (Wildman–Crippen MR) is 87.5 cm³/mol. The number of amides is 1. The lowest BCUT2D eigenvalue weighted by Gasteiger charge is -2.17. The van der Waals surface area contributed by atoms with Crippen LogP contribution in [0.15, 0.2) is 54.6 Å². The van der Waals surface area contributed by atoms with Crippen LogP contribution >= 0.6 is 0 Å². The Bertz CT molecular complexity index is 656. The van der Waals surface area contributed by atoms with E-state index in [1.165, 1.54) is 17.0 Å². The zero-order valence-corrected chi connectivity index (χ0v) is 12.8. The maximum Gasteiger partial charge on any atom is 0.269 e. The molecule has 0 heterocycles. The molecule has 0 atom stereocenters. The minimum atomic E-state index is -0.474. The molecule has 0 N–H and O–H groups in total. The van der Waals surface area contributed by atoms with Crippen LogP contribution in [0.25, 0.3) is 0 Å². The van der Waals surface area contributed by atoms with E-state index in [9.17, 15) is 14.9 Å². The summed E-state index contributed by atoms with van der Waals surface area (Å²) < 4.78 is 5.40. The SMILES string of the molecule is CN(C(=O)COCCc1ccccc1)c1ccc([N+](=O)[O-])cc1. The number of nitro groups is 1. The van der Waals surface area contributed by atoms with Crippen molar-refractivity contribution in [1.82, 2.24) is 0 Å². The molecule has 0 aromatic heterocycles. The van der Waals surface area contributed by atoms with Crippen LogP contribution in [0, 0.1) is 10.1 Å². The molecule has 0 unspecified atom stereocenters. The maximum absolute atomic E-state index is 12.0. The Balaban J connectivity index is 1.79. The summed E-state index contributed by atoms with van der Waals surface area (Å²) in [4.78, 5) is 23.6. The van der Waals surface area contributed by atoms with E-state index in [1.807, 2.05) is 30.3 Å². The standard InChI is InChI=1S/C17H18N2O4/c1-18(15-7-9-16(10-8-15)19(21)22)17(20)13-23-12-11-14-5-3-2-4-6-14/h2-10H,11-13H2,1H3. The number of hydrogen-bond donors (Lipinski definition) is 0. The number of rotatable bonds is 7. The van der Waals surface area contributed by atoms with Crippen LogP contribution in [0.2, 0.25) is 0 Å². The summed E-state index contributed by atoms with van der Waals surface area (Å²) in [6, 6.07) is 15.7. The molecular weight excluding hydrogens is 296 g/mol. The molecular formula is C17H18N2O4. The second-order valence-electron chi connectivity index (χ2n) is 5.01. The number of hydrogen-bond acceptors (Lipinski definition) is 4. The summed E-state index contributed by atoms with van der Waals surface area (Å²) >= 11 is 0.